The van der Waals surface area contributed by atoms with Crippen molar-refractivity contribution in [2.75, 3.05) is 30.5 Å². The van der Waals surface area contributed by atoms with Crippen molar-refractivity contribution in [2.24, 2.45) is 11.7 Å². The number of nitrogens with two attached hydrogens (primary N) is 1. The zero-order valence-electron chi connectivity index (χ0n) is 15.8. The second kappa shape index (κ2) is 10.2. The van der Waals surface area contributed by atoms with Crippen LogP contribution in [0.15, 0.2) is 54.6 Å². The van der Waals surface area contributed by atoms with Gasteiger partial charge in [0, 0.05) is 37.2 Å². The van der Waals surface area contributed by atoms with Gasteiger partial charge in [0.25, 0.3) is 5.91 Å². The second-order valence-electron chi connectivity index (χ2n) is 6.75. The van der Waals surface area contributed by atoms with E-state index in [-0.39, 0.29) is 30.1 Å². The molecule has 3 rings (SSSR count). The molecular weight excluding hydrogens is 378 g/mol. The molecule has 1 aliphatic heterocycles. The van der Waals surface area contributed by atoms with Gasteiger partial charge in [0.15, 0.2) is 0 Å². The quantitative estimate of drug-likeness (QED) is 0.803. The lowest BCUT2D eigenvalue weighted by Gasteiger charge is -2.26. The van der Waals surface area contributed by atoms with Crippen LogP contribution in [0.4, 0.5) is 11.4 Å². The Balaban J connectivity index is 0.00000280. The molecule has 0 aliphatic carbocycles. The average molecular weight is 404 g/mol. The summed E-state index contributed by atoms with van der Waals surface area (Å²) in [6.45, 7) is 1.28. The molecule has 1 heterocycles. The molecule has 1 atom stereocenters. The number of carbonyl (C=O) groups is 2. The van der Waals surface area contributed by atoms with Gasteiger partial charge >= 0.3 is 0 Å². The summed E-state index contributed by atoms with van der Waals surface area (Å²) < 4.78 is 5.32. The topological polar surface area (TPSA) is 84.7 Å². The molecule has 1 aliphatic rings. The standard InChI is InChI=1S/C21H25N3O3.ClH/c1-24(18-8-3-2-4-9-18)21(26)16-6-5-7-17(14-16)23-20(25)19(22)15-10-12-27-13-11-15;/h2-9,14-15,19H,10-13,22H2,1H3,(H,23,25);1H. The molecule has 7 heteroatoms. The predicted molar refractivity (Wildman–Crippen MR) is 113 cm³/mol. The molecule has 1 unspecified atom stereocenters. The fourth-order valence-electron chi connectivity index (χ4n) is 3.21. The van der Waals surface area contributed by atoms with Gasteiger partial charge in [0.1, 0.15) is 0 Å². The molecule has 2 amide bonds. The smallest absolute Gasteiger partial charge is 0.258 e. The van der Waals surface area contributed by atoms with Crippen molar-refractivity contribution in [3.63, 3.8) is 0 Å². The SMILES string of the molecule is CN(C(=O)c1cccc(NC(=O)C(N)C2CCOCC2)c1)c1ccccc1.Cl. The van der Waals surface area contributed by atoms with Crippen LogP contribution in [0.5, 0.6) is 0 Å². The van der Waals surface area contributed by atoms with Gasteiger partial charge in [0.2, 0.25) is 5.91 Å². The summed E-state index contributed by atoms with van der Waals surface area (Å²) in [4.78, 5) is 26.8. The average Bonchev–Trinajstić information content (AvgIpc) is 2.73. The Hall–Kier alpha value is -2.41. The Labute approximate surface area is 171 Å². The van der Waals surface area contributed by atoms with Gasteiger partial charge in [-0.1, -0.05) is 24.3 Å². The van der Waals surface area contributed by atoms with Crippen molar-refractivity contribution in [1.29, 1.82) is 0 Å². The van der Waals surface area contributed by atoms with Crippen molar-refractivity contribution in [3.8, 4) is 0 Å². The van der Waals surface area contributed by atoms with Crippen LogP contribution in [0, 0.1) is 5.92 Å². The molecule has 0 aromatic heterocycles. The summed E-state index contributed by atoms with van der Waals surface area (Å²) in [6.07, 6.45) is 1.57. The predicted octanol–water partition coefficient (Wildman–Crippen LogP) is 3.08. The Morgan fingerprint density at radius 3 is 2.46 bits per heavy atom. The summed E-state index contributed by atoms with van der Waals surface area (Å²) in [7, 11) is 1.73. The van der Waals surface area contributed by atoms with E-state index in [4.69, 9.17) is 10.5 Å². The number of ether oxygens (including phenoxy) is 1. The van der Waals surface area contributed by atoms with Crippen molar-refractivity contribution in [3.05, 3.63) is 60.2 Å². The van der Waals surface area contributed by atoms with Crippen LogP contribution in [-0.4, -0.2) is 38.1 Å². The van der Waals surface area contributed by atoms with Crippen LogP contribution >= 0.6 is 12.4 Å². The molecule has 0 bridgehead atoms. The summed E-state index contributed by atoms with van der Waals surface area (Å²) in [6, 6.07) is 15.7. The third-order valence-corrected chi connectivity index (χ3v) is 4.90. The van der Waals surface area contributed by atoms with Gasteiger partial charge in [-0.05, 0) is 49.1 Å². The maximum absolute atomic E-state index is 12.7. The van der Waals surface area contributed by atoms with E-state index < -0.39 is 6.04 Å². The fourth-order valence-corrected chi connectivity index (χ4v) is 3.21. The molecule has 6 nitrogen and oxygen atoms in total. The van der Waals surface area contributed by atoms with Crippen LogP contribution in [0.3, 0.4) is 0 Å². The minimum atomic E-state index is -0.583. The summed E-state index contributed by atoms with van der Waals surface area (Å²) in [5.41, 5.74) is 7.99. The van der Waals surface area contributed by atoms with E-state index in [0.29, 0.717) is 24.5 Å². The molecule has 1 fully saturated rings. The van der Waals surface area contributed by atoms with Crippen LogP contribution < -0.4 is 16.0 Å². The maximum Gasteiger partial charge on any atom is 0.258 e. The summed E-state index contributed by atoms with van der Waals surface area (Å²) in [5.74, 6) is -0.262. The second-order valence-corrected chi connectivity index (χ2v) is 6.75. The van der Waals surface area contributed by atoms with Crippen molar-refractivity contribution < 1.29 is 14.3 Å². The fraction of sp³-hybridized carbons (Fsp3) is 0.333. The van der Waals surface area contributed by atoms with Gasteiger partial charge in [-0.3, -0.25) is 9.59 Å². The molecule has 0 spiro atoms. The number of nitrogens with one attached hydrogen (secondary N) is 1. The van der Waals surface area contributed by atoms with E-state index in [1.807, 2.05) is 30.3 Å². The number of para-hydroxylation sites is 1. The summed E-state index contributed by atoms with van der Waals surface area (Å²) in [5, 5.41) is 2.84. The zero-order chi connectivity index (χ0) is 19.2. The van der Waals surface area contributed by atoms with Gasteiger partial charge in [-0.2, -0.15) is 0 Å². The van der Waals surface area contributed by atoms with E-state index in [9.17, 15) is 9.59 Å². The van der Waals surface area contributed by atoms with Crippen molar-refractivity contribution >= 4 is 35.6 Å². The van der Waals surface area contributed by atoms with E-state index in [1.54, 1.807) is 36.2 Å². The van der Waals surface area contributed by atoms with Gasteiger partial charge in [-0.15, -0.1) is 12.4 Å². The first kappa shape index (κ1) is 21.9. The maximum atomic E-state index is 12.7. The normalized spacial score (nSPS) is 15.2. The number of anilines is 2. The van der Waals surface area contributed by atoms with Gasteiger partial charge < -0.3 is 20.7 Å². The Morgan fingerprint density at radius 1 is 1.11 bits per heavy atom. The molecule has 0 radical (unpaired) electrons. The molecule has 28 heavy (non-hydrogen) atoms. The van der Waals surface area contributed by atoms with E-state index in [0.717, 1.165) is 18.5 Å². The first-order valence-corrected chi connectivity index (χ1v) is 9.13. The molecule has 3 N–H and O–H groups in total. The number of benzene rings is 2. The lowest BCUT2D eigenvalue weighted by atomic mass is 9.92. The van der Waals surface area contributed by atoms with Crippen LogP contribution in [0.25, 0.3) is 0 Å². The number of nitrogens with zero attached hydrogens (tertiary/aromatic N) is 1. The monoisotopic (exact) mass is 403 g/mol. The zero-order valence-corrected chi connectivity index (χ0v) is 16.7. The van der Waals surface area contributed by atoms with Crippen LogP contribution in [-0.2, 0) is 9.53 Å². The van der Waals surface area contributed by atoms with Gasteiger partial charge in [0.05, 0.1) is 6.04 Å². The minimum absolute atomic E-state index is 0. The van der Waals surface area contributed by atoms with Crippen LogP contribution in [0.2, 0.25) is 0 Å². The van der Waals surface area contributed by atoms with Crippen LogP contribution in [0.1, 0.15) is 23.2 Å². The Morgan fingerprint density at radius 2 is 1.79 bits per heavy atom. The number of carbonyl (C=O) groups excluding carboxylic acids is 2. The number of hydrogen-bond acceptors (Lipinski definition) is 4. The highest BCUT2D eigenvalue weighted by Gasteiger charge is 2.26. The van der Waals surface area contributed by atoms with E-state index >= 15 is 0 Å². The Kier molecular flexibility index (Phi) is 7.99. The molecule has 1 saturated heterocycles. The molecule has 150 valence electrons. The minimum Gasteiger partial charge on any atom is -0.381 e. The highest BCUT2D eigenvalue weighted by Crippen LogP contribution is 2.20. The molecule has 2 aromatic rings. The molecule has 0 saturated carbocycles. The van der Waals surface area contributed by atoms with E-state index in [1.165, 1.54) is 0 Å². The lowest BCUT2D eigenvalue weighted by Crippen LogP contribution is -2.44. The Bertz CT molecular complexity index is 794. The highest BCUT2D eigenvalue weighted by atomic mass is 35.5. The first-order valence-electron chi connectivity index (χ1n) is 9.13. The number of halogens is 1. The molecular formula is C21H26ClN3O3. The third kappa shape index (κ3) is 5.32. The number of rotatable bonds is 5. The van der Waals surface area contributed by atoms with Crippen molar-refractivity contribution in [1.82, 2.24) is 0 Å². The largest absolute Gasteiger partial charge is 0.381 e. The first-order chi connectivity index (χ1) is 13.1. The highest BCUT2D eigenvalue weighted by molar-refractivity contribution is 6.06. The van der Waals surface area contributed by atoms with E-state index in [2.05, 4.69) is 5.32 Å². The van der Waals surface area contributed by atoms with Crippen molar-refractivity contribution in [2.45, 2.75) is 18.9 Å². The number of hydrogen-bond donors (Lipinski definition) is 2. The molecule has 2 aromatic carbocycles. The number of amides is 2. The summed E-state index contributed by atoms with van der Waals surface area (Å²) >= 11 is 0. The lowest BCUT2D eigenvalue weighted by molar-refractivity contribution is -0.119. The van der Waals surface area contributed by atoms with Gasteiger partial charge in [-0.25, -0.2) is 0 Å². The third-order valence-electron chi connectivity index (χ3n) is 4.90.